The molecule has 0 saturated carbocycles. The Balaban J connectivity index is 1.73. The Morgan fingerprint density at radius 1 is 1.42 bits per heavy atom. The zero-order valence-electron chi connectivity index (χ0n) is 10.7. The number of halogens is 2. The highest BCUT2D eigenvalue weighted by atomic mass is 35.5. The first-order chi connectivity index (χ1) is 9.06. The van der Waals surface area contributed by atoms with Crippen molar-refractivity contribution in [3.05, 3.63) is 20.3 Å². The number of carbonyl (C=O) groups is 1. The van der Waals surface area contributed by atoms with E-state index in [2.05, 4.69) is 0 Å². The second-order valence-electron chi connectivity index (χ2n) is 4.92. The summed E-state index contributed by atoms with van der Waals surface area (Å²) in [6, 6.07) is 2.15. The van der Waals surface area contributed by atoms with Gasteiger partial charge in [0.2, 0.25) is 5.91 Å². The molecule has 19 heavy (non-hydrogen) atoms. The number of hydrogen-bond acceptors (Lipinski definition) is 3. The van der Waals surface area contributed by atoms with E-state index in [1.54, 1.807) is 0 Å². The number of thiophene rings is 1. The molecule has 1 aliphatic rings. The molecule has 1 aromatic heterocycles. The number of hydrogen-bond donors (Lipinski definition) is 1. The first kappa shape index (κ1) is 15.1. The van der Waals surface area contributed by atoms with Crippen molar-refractivity contribution < 1.29 is 4.79 Å². The van der Waals surface area contributed by atoms with Crippen LogP contribution in [-0.4, -0.2) is 29.9 Å². The van der Waals surface area contributed by atoms with Crippen molar-refractivity contribution in [3.63, 3.8) is 0 Å². The predicted molar refractivity (Wildman–Crippen MR) is 81.1 cm³/mol. The van der Waals surface area contributed by atoms with Crippen molar-refractivity contribution in [3.8, 4) is 0 Å². The number of nitrogens with two attached hydrogens (primary N) is 1. The van der Waals surface area contributed by atoms with Gasteiger partial charge in [0, 0.05) is 25.6 Å². The van der Waals surface area contributed by atoms with Crippen molar-refractivity contribution in [1.82, 2.24) is 4.90 Å². The highest BCUT2D eigenvalue weighted by molar-refractivity contribution is 7.20. The molecule has 0 bridgehead atoms. The van der Waals surface area contributed by atoms with Crippen molar-refractivity contribution in [2.75, 3.05) is 13.1 Å². The first-order valence-corrected chi connectivity index (χ1v) is 8.10. The fourth-order valence-electron chi connectivity index (χ4n) is 2.28. The molecule has 0 aromatic carbocycles. The molecule has 1 amide bonds. The molecule has 1 aromatic rings. The molecule has 1 aliphatic heterocycles. The fourth-order valence-corrected chi connectivity index (χ4v) is 3.83. The molecule has 2 N–H and O–H groups in total. The molecule has 0 spiro atoms. The van der Waals surface area contributed by atoms with E-state index >= 15 is 0 Å². The molecule has 6 heteroatoms. The highest BCUT2D eigenvalue weighted by Gasteiger charge is 2.20. The Morgan fingerprint density at radius 3 is 2.68 bits per heavy atom. The van der Waals surface area contributed by atoms with Gasteiger partial charge in [0.1, 0.15) is 0 Å². The summed E-state index contributed by atoms with van der Waals surface area (Å²) in [5, 5.41) is 0. The fraction of sp³-hybridized carbons (Fsp3) is 0.615. The van der Waals surface area contributed by atoms with Crippen molar-refractivity contribution in [2.45, 2.75) is 38.1 Å². The van der Waals surface area contributed by atoms with Gasteiger partial charge >= 0.3 is 0 Å². The number of piperidine rings is 1. The van der Waals surface area contributed by atoms with Gasteiger partial charge in [-0.25, -0.2) is 0 Å². The van der Waals surface area contributed by atoms with Gasteiger partial charge < -0.3 is 10.6 Å². The molecular formula is C13H18Cl2N2OS. The van der Waals surface area contributed by atoms with E-state index in [0.29, 0.717) is 10.8 Å². The zero-order valence-corrected chi connectivity index (χ0v) is 13.0. The van der Waals surface area contributed by atoms with Crippen LogP contribution in [0.4, 0.5) is 0 Å². The van der Waals surface area contributed by atoms with Crippen LogP contribution in [-0.2, 0) is 11.2 Å². The Bertz CT molecular complexity index is 442. The summed E-state index contributed by atoms with van der Waals surface area (Å²) in [6.45, 7) is 1.59. The van der Waals surface area contributed by atoms with Crippen LogP contribution in [0, 0.1) is 0 Å². The zero-order chi connectivity index (χ0) is 13.8. The third-order valence-corrected chi connectivity index (χ3v) is 5.03. The average Bonchev–Trinajstić information content (AvgIpc) is 2.68. The second kappa shape index (κ2) is 6.93. The summed E-state index contributed by atoms with van der Waals surface area (Å²) < 4.78 is 1.44. The van der Waals surface area contributed by atoms with Crippen molar-refractivity contribution in [1.29, 1.82) is 0 Å². The lowest BCUT2D eigenvalue weighted by Gasteiger charge is -2.30. The summed E-state index contributed by atoms with van der Waals surface area (Å²) >= 11 is 13.3. The van der Waals surface area contributed by atoms with Gasteiger partial charge in [-0.2, -0.15) is 0 Å². The Kier molecular flexibility index (Phi) is 5.51. The molecule has 1 fully saturated rings. The van der Waals surface area contributed by atoms with Crippen LogP contribution in [0.15, 0.2) is 6.07 Å². The SMILES string of the molecule is NC1CCN(C(=O)CCCc2cc(Cl)sc2Cl)CC1. The van der Waals surface area contributed by atoms with Gasteiger partial charge in [-0.3, -0.25) is 4.79 Å². The van der Waals surface area contributed by atoms with Crippen LogP contribution in [0.25, 0.3) is 0 Å². The lowest BCUT2D eigenvalue weighted by molar-refractivity contribution is -0.132. The van der Waals surface area contributed by atoms with Crippen molar-refractivity contribution in [2.24, 2.45) is 5.73 Å². The summed E-state index contributed by atoms with van der Waals surface area (Å²) in [7, 11) is 0. The van der Waals surface area contributed by atoms with E-state index in [1.807, 2.05) is 11.0 Å². The first-order valence-electron chi connectivity index (χ1n) is 6.53. The minimum absolute atomic E-state index is 0.226. The van der Waals surface area contributed by atoms with Gasteiger partial charge in [-0.1, -0.05) is 23.2 Å². The third-order valence-electron chi connectivity index (χ3n) is 3.46. The van der Waals surface area contributed by atoms with Crippen LogP contribution in [0.5, 0.6) is 0 Å². The van der Waals surface area contributed by atoms with E-state index < -0.39 is 0 Å². The summed E-state index contributed by atoms with van der Waals surface area (Å²) in [4.78, 5) is 13.9. The molecule has 106 valence electrons. The summed E-state index contributed by atoms with van der Waals surface area (Å²) in [6.07, 6.45) is 4.02. The number of carbonyl (C=O) groups excluding carboxylic acids is 1. The Morgan fingerprint density at radius 2 is 2.11 bits per heavy atom. The van der Waals surface area contributed by atoms with E-state index in [1.165, 1.54) is 11.3 Å². The van der Waals surface area contributed by atoms with Crippen LogP contribution in [0.2, 0.25) is 8.67 Å². The molecule has 0 radical (unpaired) electrons. The van der Waals surface area contributed by atoms with Gasteiger partial charge in [0.05, 0.1) is 8.67 Å². The van der Waals surface area contributed by atoms with E-state index in [0.717, 1.165) is 48.7 Å². The van der Waals surface area contributed by atoms with E-state index in [4.69, 9.17) is 28.9 Å². The predicted octanol–water partition coefficient (Wildman–Crippen LogP) is 3.33. The maximum atomic E-state index is 12.0. The standard InChI is InChI=1S/C13H18Cl2N2OS/c14-11-8-9(13(15)19-11)2-1-3-12(18)17-6-4-10(16)5-7-17/h8,10H,1-7,16H2. The van der Waals surface area contributed by atoms with Crippen molar-refractivity contribution >= 4 is 40.4 Å². The number of aryl methyl sites for hydroxylation is 1. The number of nitrogens with zero attached hydrogens (tertiary/aromatic N) is 1. The maximum Gasteiger partial charge on any atom is 0.222 e. The van der Waals surface area contributed by atoms with Gasteiger partial charge in [0.25, 0.3) is 0 Å². The summed E-state index contributed by atoms with van der Waals surface area (Å²) in [5.41, 5.74) is 6.87. The minimum Gasteiger partial charge on any atom is -0.343 e. The number of likely N-dealkylation sites (tertiary alicyclic amines) is 1. The minimum atomic E-state index is 0.226. The quantitative estimate of drug-likeness (QED) is 0.924. The second-order valence-corrected chi connectivity index (χ2v) is 7.21. The van der Waals surface area contributed by atoms with Crippen LogP contribution < -0.4 is 5.73 Å². The number of amides is 1. The molecule has 0 unspecified atom stereocenters. The molecular weight excluding hydrogens is 303 g/mol. The maximum absolute atomic E-state index is 12.0. The van der Waals surface area contributed by atoms with Crippen LogP contribution in [0.1, 0.15) is 31.2 Å². The molecule has 3 nitrogen and oxygen atoms in total. The van der Waals surface area contributed by atoms with Crippen LogP contribution >= 0.6 is 34.5 Å². The van der Waals surface area contributed by atoms with Gasteiger partial charge in [-0.15, -0.1) is 11.3 Å². The smallest absolute Gasteiger partial charge is 0.222 e. The molecule has 2 rings (SSSR count). The highest BCUT2D eigenvalue weighted by Crippen LogP contribution is 2.32. The van der Waals surface area contributed by atoms with Gasteiger partial charge in [-0.05, 0) is 37.3 Å². The topological polar surface area (TPSA) is 46.3 Å². The van der Waals surface area contributed by atoms with Crippen LogP contribution in [0.3, 0.4) is 0 Å². The monoisotopic (exact) mass is 320 g/mol. The molecule has 2 heterocycles. The van der Waals surface area contributed by atoms with E-state index in [-0.39, 0.29) is 11.9 Å². The average molecular weight is 321 g/mol. The van der Waals surface area contributed by atoms with Gasteiger partial charge in [0.15, 0.2) is 0 Å². The normalized spacial score (nSPS) is 16.9. The third kappa shape index (κ3) is 4.35. The molecule has 1 saturated heterocycles. The van der Waals surface area contributed by atoms with E-state index in [9.17, 15) is 4.79 Å². The molecule has 0 atom stereocenters. The summed E-state index contributed by atoms with van der Waals surface area (Å²) in [5.74, 6) is 0.226. The largest absolute Gasteiger partial charge is 0.343 e. The lowest BCUT2D eigenvalue weighted by atomic mass is 10.1. The Hall–Kier alpha value is -0.290. The number of rotatable bonds is 4. The Labute approximate surface area is 127 Å². The molecule has 0 aliphatic carbocycles. The lowest BCUT2D eigenvalue weighted by Crippen LogP contribution is -2.42.